The van der Waals surface area contributed by atoms with Crippen LogP contribution in [-0.4, -0.2) is 16.1 Å². The summed E-state index contributed by atoms with van der Waals surface area (Å²) in [6.07, 6.45) is 1.27. The van der Waals surface area contributed by atoms with E-state index in [0.29, 0.717) is 5.69 Å². The zero-order valence-electron chi connectivity index (χ0n) is 9.02. The largest absolute Gasteiger partial charge is 0.477 e. The van der Waals surface area contributed by atoms with E-state index in [1.54, 1.807) is 0 Å². The average molecular weight is 250 g/mol. The van der Waals surface area contributed by atoms with Gasteiger partial charge in [0.25, 0.3) is 0 Å². The quantitative estimate of drug-likeness (QED) is 0.879. The summed E-state index contributed by atoms with van der Waals surface area (Å²) >= 11 is 0. The Labute approximate surface area is 101 Å². The molecule has 0 aliphatic heterocycles. The Bertz CT molecular complexity index is 565. The van der Waals surface area contributed by atoms with E-state index in [1.807, 2.05) is 0 Å². The number of hydrogen-bond acceptors (Lipinski definition) is 3. The lowest BCUT2D eigenvalue weighted by Crippen LogP contribution is -2.00. The minimum absolute atomic E-state index is 0.106. The molecule has 0 aliphatic carbocycles. The number of hydrogen-bond donors (Lipinski definition) is 2. The maximum absolute atomic E-state index is 12.9. The van der Waals surface area contributed by atoms with Crippen LogP contribution < -0.4 is 5.32 Å². The molecule has 0 atom stereocenters. The zero-order valence-corrected chi connectivity index (χ0v) is 9.02. The molecule has 0 spiro atoms. The fourth-order valence-electron chi connectivity index (χ4n) is 1.39. The van der Waals surface area contributed by atoms with Crippen molar-refractivity contribution in [3.05, 3.63) is 53.9 Å². The van der Waals surface area contributed by atoms with Gasteiger partial charge in [-0.25, -0.2) is 18.6 Å². The first kappa shape index (κ1) is 12.0. The molecule has 1 aromatic heterocycles. The zero-order chi connectivity index (χ0) is 13.1. The van der Waals surface area contributed by atoms with E-state index in [2.05, 4.69) is 10.3 Å². The molecule has 0 bridgehead atoms. The van der Waals surface area contributed by atoms with Crippen molar-refractivity contribution in [2.24, 2.45) is 0 Å². The molecule has 4 nitrogen and oxygen atoms in total. The van der Waals surface area contributed by atoms with E-state index in [1.165, 1.54) is 18.3 Å². The lowest BCUT2D eigenvalue weighted by molar-refractivity contribution is 0.0690. The molecule has 0 amide bonds. The van der Waals surface area contributed by atoms with E-state index < -0.39 is 17.6 Å². The van der Waals surface area contributed by atoms with Crippen LogP contribution in [0, 0.1) is 11.6 Å². The molecule has 92 valence electrons. The Balaban J connectivity index is 2.20. The molecule has 18 heavy (non-hydrogen) atoms. The highest BCUT2D eigenvalue weighted by Gasteiger charge is 2.05. The molecule has 2 N–H and O–H groups in total. The number of benzene rings is 1. The van der Waals surface area contributed by atoms with E-state index in [-0.39, 0.29) is 11.4 Å². The van der Waals surface area contributed by atoms with Gasteiger partial charge < -0.3 is 10.4 Å². The Kier molecular flexibility index (Phi) is 3.18. The molecule has 1 aromatic carbocycles. The maximum Gasteiger partial charge on any atom is 0.354 e. The highest BCUT2D eigenvalue weighted by atomic mass is 19.1. The Morgan fingerprint density at radius 1 is 1.11 bits per heavy atom. The molecule has 0 radical (unpaired) electrons. The summed E-state index contributed by atoms with van der Waals surface area (Å²) in [5.74, 6) is -2.54. The predicted octanol–water partition coefficient (Wildman–Crippen LogP) is 2.80. The number of aromatic carboxylic acids is 1. The molecule has 0 fully saturated rings. The number of nitrogens with one attached hydrogen (secondary N) is 1. The van der Waals surface area contributed by atoms with Gasteiger partial charge in [0.2, 0.25) is 0 Å². The van der Waals surface area contributed by atoms with Crippen molar-refractivity contribution in [3.63, 3.8) is 0 Å². The van der Waals surface area contributed by atoms with Crippen LogP contribution in [0.5, 0.6) is 0 Å². The fraction of sp³-hybridized carbons (Fsp3) is 0. The normalized spacial score (nSPS) is 10.1. The average Bonchev–Trinajstić information content (AvgIpc) is 2.28. The highest BCUT2D eigenvalue weighted by molar-refractivity contribution is 5.85. The number of carboxylic acids is 1. The topological polar surface area (TPSA) is 62.2 Å². The number of rotatable bonds is 3. The lowest BCUT2D eigenvalue weighted by Gasteiger charge is -2.06. The highest BCUT2D eigenvalue weighted by Crippen LogP contribution is 2.18. The van der Waals surface area contributed by atoms with E-state index in [9.17, 15) is 13.6 Å². The molecule has 1 heterocycles. The number of carbonyl (C=O) groups is 1. The summed E-state index contributed by atoms with van der Waals surface area (Å²) in [5.41, 5.74) is 0.549. The molecule has 0 saturated carbocycles. The summed E-state index contributed by atoms with van der Waals surface area (Å²) in [5, 5.41) is 11.4. The van der Waals surface area contributed by atoms with Crippen LogP contribution in [-0.2, 0) is 0 Å². The Morgan fingerprint density at radius 2 is 1.78 bits per heavy atom. The van der Waals surface area contributed by atoms with Crippen LogP contribution in [0.2, 0.25) is 0 Å². The fourth-order valence-corrected chi connectivity index (χ4v) is 1.39. The Morgan fingerprint density at radius 3 is 2.28 bits per heavy atom. The summed E-state index contributed by atoms with van der Waals surface area (Å²) < 4.78 is 25.9. The third kappa shape index (κ3) is 2.79. The first-order valence-corrected chi connectivity index (χ1v) is 4.97. The van der Waals surface area contributed by atoms with Crippen LogP contribution in [0.3, 0.4) is 0 Å². The first-order chi connectivity index (χ1) is 8.54. The minimum atomic E-state index is -1.14. The number of anilines is 2. The van der Waals surface area contributed by atoms with Gasteiger partial charge in [0.05, 0.1) is 11.9 Å². The SMILES string of the molecule is O=C(O)c1ccc(Nc2cc(F)cc(F)c2)cn1. The molecular weight excluding hydrogens is 242 g/mol. The van der Waals surface area contributed by atoms with Crippen molar-refractivity contribution in [1.29, 1.82) is 0 Å². The molecule has 6 heteroatoms. The van der Waals surface area contributed by atoms with Crippen LogP contribution in [0.25, 0.3) is 0 Å². The van der Waals surface area contributed by atoms with Gasteiger partial charge >= 0.3 is 5.97 Å². The van der Waals surface area contributed by atoms with E-state index >= 15 is 0 Å². The van der Waals surface area contributed by atoms with Gasteiger partial charge in [0, 0.05) is 11.8 Å². The van der Waals surface area contributed by atoms with Gasteiger partial charge in [-0.2, -0.15) is 0 Å². The predicted molar refractivity (Wildman–Crippen MR) is 60.8 cm³/mol. The second-order valence-corrected chi connectivity index (χ2v) is 3.52. The van der Waals surface area contributed by atoms with Gasteiger partial charge in [0.1, 0.15) is 17.3 Å². The van der Waals surface area contributed by atoms with Gasteiger partial charge in [0.15, 0.2) is 0 Å². The summed E-state index contributed by atoms with van der Waals surface area (Å²) in [6, 6.07) is 5.75. The first-order valence-electron chi connectivity index (χ1n) is 4.97. The van der Waals surface area contributed by atoms with E-state index in [4.69, 9.17) is 5.11 Å². The second-order valence-electron chi connectivity index (χ2n) is 3.52. The minimum Gasteiger partial charge on any atom is -0.477 e. The van der Waals surface area contributed by atoms with Crippen LogP contribution in [0.15, 0.2) is 36.5 Å². The number of carboxylic acid groups (broad SMARTS) is 1. The van der Waals surface area contributed by atoms with Crippen LogP contribution in [0.4, 0.5) is 20.2 Å². The molecule has 0 unspecified atom stereocenters. The van der Waals surface area contributed by atoms with Crippen molar-refractivity contribution in [2.75, 3.05) is 5.32 Å². The van der Waals surface area contributed by atoms with Crippen molar-refractivity contribution in [3.8, 4) is 0 Å². The van der Waals surface area contributed by atoms with Gasteiger partial charge in [-0.15, -0.1) is 0 Å². The van der Waals surface area contributed by atoms with Crippen molar-refractivity contribution >= 4 is 17.3 Å². The summed E-state index contributed by atoms with van der Waals surface area (Å²) in [7, 11) is 0. The van der Waals surface area contributed by atoms with Crippen molar-refractivity contribution in [2.45, 2.75) is 0 Å². The lowest BCUT2D eigenvalue weighted by atomic mass is 10.2. The summed E-state index contributed by atoms with van der Waals surface area (Å²) in [4.78, 5) is 14.2. The monoisotopic (exact) mass is 250 g/mol. The maximum atomic E-state index is 12.9. The third-order valence-electron chi connectivity index (χ3n) is 2.13. The van der Waals surface area contributed by atoms with Gasteiger partial charge in [-0.05, 0) is 24.3 Å². The summed E-state index contributed by atoms with van der Waals surface area (Å²) in [6.45, 7) is 0. The van der Waals surface area contributed by atoms with Crippen molar-refractivity contribution < 1.29 is 18.7 Å². The Hall–Kier alpha value is -2.50. The smallest absolute Gasteiger partial charge is 0.354 e. The molecular formula is C12H8F2N2O2. The number of nitrogens with zero attached hydrogens (tertiary/aromatic N) is 1. The number of pyridine rings is 1. The van der Waals surface area contributed by atoms with Crippen LogP contribution >= 0.6 is 0 Å². The van der Waals surface area contributed by atoms with Gasteiger partial charge in [-0.1, -0.05) is 0 Å². The molecule has 0 saturated heterocycles. The second kappa shape index (κ2) is 4.79. The molecule has 0 aliphatic rings. The third-order valence-corrected chi connectivity index (χ3v) is 2.13. The standard InChI is InChI=1S/C12H8F2N2O2/c13-7-3-8(14)5-10(4-7)16-9-1-2-11(12(17)18)15-6-9/h1-6,16H,(H,17,18). The number of halogens is 2. The molecule has 2 aromatic rings. The van der Waals surface area contributed by atoms with Crippen LogP contribution in [0.1, 0.15) is 10.5 Å². The molecule has 2 rings (SSSR count). The van der Waals surface area contributed by atoms with Crippen molar-refractivity contribution in [1.82, 2.24) is 4.98 Å². The number of aromatic nitrogens is 1. The van der Waals surface area contributed by atoms with E-state index in [0.717, 1.165) is 18.2 Å². The van der Waals surface area contributed by atoms with Gasteiger partial charge in [-0.3, -0.25) is 0 Å².